The second kappa shape index (κ2) is 48.8. The molecule has 17 heteroatoms. The fourth-order valence-corrected chi connectivity index (χ4v) is 5.14. The summed E-state index contributed by atoms with van der Waals surface area (Å²) < 4.78 is 61.7. The molecule has 0 aromatic rings. The van der Waals surface area contributed by atoms with E-state index >= 15 is 0 Å². The summed E-state index contributed by atoms with van der Waals surface area (Å²) in [6, 6.07) is 0. The zero-order chi connectivity index (χ0) is 31.3. The topological polar surface area (TPSA) is 111 Å². The summed E-state index contributed by atoms with van der Waals surface area (Å²) in [6.45, 7) is 30.8. The number of hydrogen-bond donors (Lipinski definition) is 0. The zero-order valence-electron chi connectivity index (χ0n) is 27.5. The van der Waals surface area contributed by atoms with Gasteiger partial charge in [-0.05, 0) is 83.1 Å². The minimum atomic E-state index is -1.06. The first-order valence-corrected chi connectivity index (χ1v) is 18.5. The maximum absolute atomic E-state index is 5.14. The Hall–Kier alpha value is 1.90. The molecule has 0 aliphatic rings. The van der Waals surface area contributed by atoms with Crippen molar-refractivity contribution in [1.29, 1.82) is 0 Å². The zero-order valence-corrected chi connectivity index (χ0v) is 32.6. The van der Waals surface area contributed by atoms with Crippen LogP contribution in [-0.2, 0) is 74.7 Å². The molecule has 41 heavy (non-hydrogen) atoms. The van der Waals surface area contributed by atoms with E-state index in [2.05, 4.69) is 0 Å². The molecule has 0 atom stereocenters. The Balaban J connectivity index is -0.000000139. The Labute approximate surface area is 270 Å². The maximum Gasteiger partial charge on any atom is 0.332 e. The molecule has 12 nitrogen and oxygen atoms in total. The van der Waals surface area contributed by atoms with E-state index in [0.717, 1.165) is 0 Å². The Kier molecular flexibility index (Phi) is 62.4. The molecule has 0 spiro atoms. The smallest absolute Gasteiger partial charge is 0.313 e. The standard InChI is InChI=1S/4C6H15O3P.Pd/c4*1-4-7-10(8-5-2)9-6-3;/h4*4-6H2,1-3H3;. The molecule has 0 heterocycles. The Morgan fingerprint density at radius 1 is 0.220 bits per heavy atom. The van der Waals surface area contributed by atoms with E-state index in [1.807, 2.05) is 83.1 Å². The van der Waals surface area contributed by atoms with Gasteiger partial charge >= 0.3 is 34.4 Å². The Morgan fingerprint density at radius 3 is 0.341 bits per heavy atom. The molecule has 0 aliphatic carbocycles. The maximum atomic E-state index is 5.14. The average Bonchev–Trinajstić information content (AvgIpc) is 2.92. The minimum absolute atomic E-state index is 0. The second-order valence-corrected chi connectivity index (χ2v) is 10.8. The molecule has 258 valence electrons. The Morgan fingerprint density at radius 2 is 0.293 bits per heavy atom. The van der Waals surface area contributed by atoms with Crippen LogP contribution < -0.4 is 0 Å². The van der Waals surface area contributed by atoms with Gasteiger partial charge in [-0.3, -0.25) is 0 Å². The van der Waals surface area contributed by atoms with Gasteiger partial charge in [0.05, 0.1) is 79.3 Å². The first kappa shape index (κ1) is 52.4. The minimum Gasteiger partial charge on any atom is -0.313 e. The molecular formula is C24H60O12P4Pd. The summed E-state index contributed by atoms with van der Waals surface area (Å²) in [5.41, 5.74) is 0. The van der Waals surface area contributed by atoms with Gasteiger partial charge in [0, 0.05) is 20.4 Å². The summed E-state index contributed by atoms with van der Waals surface area (Å²) >= 11 is 0. The van der Waals surface area contributed by atoms with Crippen LogP contribution >= 0.6 is 34.4 Å². The summed E-state index contributed by atoms with van der Waals surface area (Å²) in [5.74, 6) is 0. The first-order valence-electron chi connectivity index (χ1n) is 14.1. The van der Waals surface area contributed by atoms with Crippen LogP contribution in [-0.4, -0.2) is 79.3 Å². The van der Waals surface area contributed by atoms with Crippen molar-refractivity contribution in [2.45, 2.75) is 83.1 Å². The van der Waals surface area contributed by atoms with Gasteiger partial charge in [-0.2, -0.15) is 0 Å². The van der Waals surface area contributed by atoms with E-state index in [4.69, 9.17) is 54.3 Å². The van der Waals surface area contributed by atoms with Crippen LogP contribution in [0.1, 0.15) is 83.1 Å². The molecule has 0 aromatic carbocycles. The van der Waals surface area contributed by atoms with Gasteiger partial charge in [0.15, 0.2) is 0 Å². The van der Waals surface area contributed by atoms with E-state index in [9.17, 15) is 0 Å². The molecular weight excluding hydrogens is 711 g/mol. The molecule has 0 rings (SSSR count). The van der Waals surface area contributed by atoms with Crippen LogP contribution in [0.2, 0.25) is 0 Å². The fourth-order valence-electron chi connectivity index (χ4n) is 1.71. The van der Waals surface area contributed by atoms with Gasteiger partial charge in [0.1, 0.15) is 0 Å². The van der Waals surface area contributed by atoms with Gasteiger partial charge < -0.3 is 54.3 Å². The third-order valence-corrected chi connectivity index (χ3v) is 8.44. The van der Waals surface area contributed by atoms with Gasteiger partial charge in [-0.25, -0.2) is 0 Å². The molecule has 0 aromatic heterocycles. The molecule has 0 fully saturated rings. The van der Waals surface area contributed by atoms with Crippen LogP contribution in [0.5, 0.6) is 0 Å². The summed E-state index contributed by atoms with van der Waals surface area (Å²) in [6.07, 6.45) is 0. The van der Waals surface area contributed by atoms with Gasteiger partial charge in [0.2, 0.25) is 0 Å². The number of hydrogen-bond acceptors (Lipinski definition) is 12. The van der Waals surface area contributed by atoms with Crippen molar-refractivity contribution < 1.29 is 74.7 Å². The van der Waals surface area contributed by atoms with E-state index < -0.39 is 34.4 Å². The third kappa shape index (κ3) is 46.4. The SMILES string of the molecule is CCOP(OCC)OCC.CCOP(OCC)OCC.CCOP(OCC)OCC.CCOP(OCC)OCC.[Pd]. The van der Waals surface area contributed by atoms with Crippen molar-refractivity contribution in [3.05, 3.63) is 0 Å². The van der Waals surface area contributed by atoms with Crippen LogP contribution in [0, 0.1) is 0 Å². The van der Waals surface area contributed by atoms with E-state index in [0.29, 0.717) is 79.3 Å². The quantitative estimate of drug-likeness (QED) is 0.0689. The average molecular weight is 771 g/mol. The van der Waals surface area contributed by atoms with Gasteiger partial charge in [-0.1, -0.05) is 0 Å². The normalized spacial score (nSPS) is 10.5. The summed E-state index contributed by atoms with van der Waals surface area (Å²) in [7, 11) is -4.24. The molecule has 0 amide bonds. The van der Waals surface area contributed by atoms with Gasteiger partial charge in [0.25, 0.3) is 0 Å². The predicted octanol–water partition coefficient (Wildman–Crippen LogP) is 9.29. The Bertz CT molecular complexity index is 302. The van der Waals surface area contributed by atoms with Crippen LogP contribution in [0.15, 0.2) is 0 Å². The van der Waals surface area contributed by atoms with Crippen LogP contribution in [0.25, 0.3) is 0 Å². The molecule has 0 saturated heterocycles. The van der Waals surface area contributed by atoms with Crippen LogP contribution in [0.3, 0.4) is 0 Å². The van der Waals surface area contributed by atoms with Crippen molar-refractivity contribution in [3.8, 4) is 0 Å². The molecule has 0 bridgehead atoms. The van der Waals surface area contributed by atoms with Crippen molar-refractivity contribution >= 4 is 34.4 Å². The third-order valence-electron chi connectivity index (χ3n) is 2.81. The van der Waals surface area contributed by atoms with Crippen molar-refractivity contribution in [2.24, 2.45) is 0 Å². The monoisotopic (exact) mass is 770 g/mol. The molecule has 0 N–H and O–H groups in total. The molecule has 0 saturated carbocycles. The van der Waals surface area contributed by atoms with Crippen molar-refractivity contribution in [3.63, 3.8) is 0 Å². The predicted molar refractivity (Wildman–Crippen MR) is 167 cm³/mol. The second-order valence-electron chi connectivity index (χ2n) is 5.91. The molecule has 0 aliphatic heterocycles. The van der Waals surface area contributed by atoms with Crippen molar-refractivity contribution in [2.75, 3.05) is 79.3 Å². The molecule has 0 unspecified atom stereocenters. The van der Waals surface area contributed by atoms with E-state index in [1.54, 1.807) is 0 Å². The van der Waals surface area contributed by atoms with Gasteiger partial charge in [-0.15, -0.1) is 0 Å². The fraction of sp³-hybridized carbons (Fsp3) is 1.00. The summed E-state index contributed by atoms with van der Waals surface area (Å²) in [5, 5.41) is 0. The van der Waals surface area contributed by atoms with E-state index in [-0.39, 0.29) is 20.4 Å². The largest absolute Gasteiger partial charge is 0.332 e. The van der Waals surface area contributed by atoms with Crippen molar-refractivity contribution in [1.82, 2.24) is 0 Å². The summed E-state index contributed by atoms with van der Waals surface area (Å²) in [4.78, 5) is 0. The first-order chi connectivity index (χ1) is 19.4. The number of rotatable bonds is 24. The molecule has 0 radical (unpaired) electrons. The van der Waals surface area contributed by atoms with E-state index in [1.165, 1.54) is 0 Å². The van der Waals surface area contributed by atoms with Crippen LogP contribution in [0.4, 0.5) is 0 Å².